The van der Waals surface area contributed by atoms with Gasteiger partial charge < -0.3 is 20.1 Å². The second-order valence-corrected chi connectivity index (χ2v) is 14.9. The molecule has 13 heteroatoms. The number of fused-ring (bicyclic) bond motifs is 2. The third-order valence-electron chi connectivity index (χ3n) is 9.07. The lowest BCUT2D eigenvalue weighted by atomic mass is 9.85. The predicted octanol–water partition coefficient (Wildman–Crippen LogP) is 4.64. The molecular weight excluding hydrogens is 622 g/mol. The van der Waals surface area contributed by atoms with Crippen LogP contribution in [-0.2, 0) is 10.8 Å². The summed E-state index contributed by atoms with van der Waals surface area (Å²) in [6.45, 7) is 15.4. The van der Waals surface area contributed by atoms with Gasteiger partial charge in [0.25, 0.3) is 5.91 Å². The molecule has 2 aliphatic rings. The summed E-state index contributed by atoms with van der Waals surface area (Å²) in [5.41, 5.74) is 2.87. The largest absolute Gasteiger partial charge is 0.484 e. The number of carbonyl (C=O) groups excluding carboxylic acids is 2. The fraction of sp³-hybridized carbons (Fsp3) is 0.500. The number of nitrogens with one attached hydrogen (secondary N) is 2. The molecule has 0 unspecified atom stereocenters. The summed E-state index contributed by atoms with van der Waals surface area (Å²) in [6, 6.07) is 12.9. The van der Waals surface area contributed by atoms with Crippen molar-refractivity contribution in [2.24, 2.45) is 0 Å². The summed E-state index contributed by atoms with van der Waals surface area (Å²) in [5.74, 6) is 1.63. The van der Waals surface area contributed by atoms with Crippen LogP contribution >= 0.6 is 0 Å². The van der Waals surface area contributed by atoms with E-state index in [9.17, 15) is 14.7 Å². The van der Waals surface area contributed by atoms with Crippen LogP contribution in [0.3, 0.4) is 0 Å². The Kier molecular flexibility index (Phi) is 9.58. The molecule has 1 aromatic carbocycles. The standard InChI is InChI=1S/C36H47N9O4/c1-35(2,3)28-21-29(39-31(38-28)32(47)44-17-15-43(16-18-44)19-20-46)40-34(48)37-26-12-13-27(25-10-8-7-9-24(25)26)49-23-11-14-30-41-42-33(36(4,5)6)45(30)22-23/h7-11,14,21-22,26-27,46H,12-13,15-20H2,1-6H3,(H2,37,38,39,40,48)/t26-,27+/m0/s1. The van der Waals surface area contributed by atoms with Gasteiger partial charge in [-0.2, -0.15) is 0 Å². The Morgan fingerprint density at radius 1 is 0.918 bits per heavy atom. The maximum Gasteiger partial charge on any atom is 0.320 e. The number of hydrogen-bond acceptors (Lipinski definition) is 9. The monoisotopic (exact) mass is 669 g/mol. The first kappa shape index (κ1) is 34.3. The highest BCUT2D eigenvalue weighted by molar-refractivity contribution is 5.93. The molecule has 1 aliphatic heterocycles. The Morgan fingerprint density at radius 2 is 1.65 bits per heavy atom. The summed E-state index contributed by atoms with van der Waals surface area (Å²) >= 11 is 0. The van der Waals surface area contributed by atoms with E-state index in [0.717, 1.165) is 28.3 Å². The van der Waals surface area contributed by atoms with E-state index < -0.39 is 6.03 Å². The third-order valence-corrected chi connectivity index (χ3v) is 9.07. The Labute approximate surface area is 287 Å². The smallest absolute Gasteiger partial charge is 0.320 e. The number of β-amino-alcohol motifs (C(OH)–C–C–N with tert-alkyl or cyclic N) is 1. The number of nitrogens with zero attached hydrogens (tertiary/aromatic N) is 7. The zero-order valence-corrected chi connectivity index (χ0v) is 29.2. The van der Waals surface area contributed by atoms with Gasteiger partial charge in [-0.1, -0.05) is 65.8 Å². The lowest BCUT2D eigenvalue weighted by Gasteiger charge is -2.34. The molecule has 3 aromatic heterocycles. The first-order valence-corrected chi connectivity index (χ1v) is 17.0. The van der Waals surface area contributed by atoms with E-state index >= 15 is 0 Å². The Balaban J connectivity index is 1.16. The van der Waals surface area contributed by atoms with Crippen molar-refractivity contribution in [3.05, 3.63) is 77.1 Å². The maximum absolute atomic E-state index is 13.5. The van der Waals surface area contributed by atoms with E-state index in [4.69, 9.17) is 4.74 Å². The number of benzene rings is 1. The van der Waals surface area contributed by atoms with Gasteiger partial charge in [-0.15, -0.1) is 10.2 Å². The number of anilines is 1. The molecule has 1 saturated heterocycles. The van der Waals surface area contributed by atoms with Crippen LogP contribution in [0, 0.1) is 0 Å². The van der Waals surface area contributed by atoms with Crippen LogP contribution in [0.1, 0.15) is 99.8 Å². The zero-order valence-electron chi connectivity index (χ0n) is 29.2. The normalized spacial score (nSPS) is 18.6. The van der Waals surface area contributed by atoms with Crippen molar-refractivity contribution in [2.45, 2.75) is 77.4 Å². The van der Waals surface area contributed by atoms with Gasteiger partial charge in [-0.05, 0) is 36.1 Å². The number of urea groups is 1. The van der Waals surface area contributed by atoms with Gasteiger partial charge in [0, 0.05) is 49.6 Å². The highest BCUT2D eigenvalue weighted by Gasteiger charge is 2.31. The summed E-state index contributed by atoms with van der Waals surface area (Å²) in [6.07, 6.45) is 3.11. The van der Waals surface area contributed by atoms with Gasteiger partial charge in [-0.25, -0.2) is 14.8 Å². The minimum Gasteiger partial charge on any atom is -0.484 e. The summed E-state index contributed by atoms with van der Waals surface area (Å²) in [5, 5.41) is 24.0. The van der Waals surface area contributed by atoms with Crippen LogP contribution in [-0.4, -0.2) is 90.7 Å². The van der Waals surface area contributed by atoms with Gasteiger partial charge >= 0.3 is 6.03 Å². The summed E-state index contributed by atoms with van der Waals surface area (Å²) in [4.78, 5) is 39.9. The van der Waals surface area contributed by atoms with Gasteiger partial charge in [0.05, 0.1) is 24.5 Å². The zero-order chi connectivity index (χ0) is 34.9. The van der Waals surface area contributed by atoms with E-state index in [1.54, 1.807) is 11.0 Å². The molecule has 3 amide bonds. The average Bonchev–Trinajstić information content (AvgIpc) is 3.50. The molecule has 49 heavy (non-hydrogen) atoms. The van der Waals surface area contributed by atoms with Crippen LogP contribution in [0.4, 0.5) is 10.6 Å². The number of hydrogen-bond donors (Lipinski definition) is 3. The molecular formula is C36H47N9O4. The molecule has 4 aromatic rings. The van der Waals surface area contributed by atoms with Crippen LogP contribution in [0.5, 0.6) is 5.75 Å². The van der Waals surface area contributed by atoms with Gasteiger partial charge in [0.1, 0.15) is 23.5 Å². The fourth-order valence-corrected chi connectivity index (χ4v) is 6.40. The molecule has 2 atom stereocenters. The van der Waals surface area contributed by atoms with Crippen molar-refractivity contribution in [2.75, 3.05) is 44.6 Å². The molecule has 0 saturated carbocycles. The lowest BCUT2D eigenvalue weighted by Crippen LogP contribution is -2.49. The number of amides is 3. The molecule has 13 nitrogen and oxygen atoms in total. The van der Waals surface area contributed by atoms with Crippen LogP contribution in [0.2, 0.25) is 0 Å². The van der Waals surface area contributed by atoms with E-state index in [-0.39, 0.29) is 47.1 Å². The average molecular weight is 670 g/mol. The second kappa shape index (κ2) is 13.7. The Morgan fingerprint density at radius 3 is 2.35 bits per heavy atom. The second-order valence-electron chi connectivity index (χ2n) is 14.9. The van der Waals surface area contributed by atoms with E-state index in [1.165, 1.54) is 0 Å². The van der Waals surface area contributed by atoms with Crippen molar-refractivity contribution in [3.63, 3.8) is 0 Å². The van der Waals surface area contributed by atoms with Crippen molar-refractivity contribution in [3.8, 4) is 5.75 Å². The lowest BCUT2D eigenvalue weighted by molar-refractivity contribution is 0.0603. The molecule has 260 valence electrons. The number of aliphatic hydroxyl groups is 1. The molecule has 1 fully saturated rings. The van der Waals surface area contributed by atoms with Crippen molar-refractivity contribution in [1.29, 1.82) is 0 Å². The fourth-order valence-electron chi connectivity index (χ4n) is 6.40. The highest BCUT2D eigenvalue weighted by atomic mass is 16.5. The number of aliphatic hydroxyl groups excluding tert-OH is 1. The number of carbonyl (C=O) groups is 2. The molecule has 3 N–H and O–H groups in total. The quantitative estimate of drug-likeness (QED) is 0.256. The van der Waals surface area contributed by atoms with Crippen molar-refractivity contribution in [1.82, 2.24) is 39.7 Å². The van der Waals surface area contributed by atoms with E-state index in [2.05, 4.69) is 56.5 Å². The molecule has 1 aliphatic carbocycles. The maximum atomic E-state index is 13.5. The van der Waals surface area contributed by atoms with Gasteiger partial charge in [0.2, 0.25) is 5.82 Å². The number of rotatable bonds is 7. The molecule has 0 spiro atoms. The van der Waals surface area contributed by atoms with Crippen molar-refractivity contribution < 1.29 is 19.4 Å². The van der Waals surface area contributed by atoms with E-state index in [0.29, 0.717) is 51.3 Å². The molecule has 4 heterocycles. The minimum absolute atomic E-state index is 0.0561. The highest BCUT2D eigenvalue weighted by Crippen LogP contribution is 2.39. The van der Waals surface area contributed by atoms with Crippen LogP contribution in [0.25, 0.3) is 5.65 Å². The third kappa shape index (κ3) is 7.67. The van der Waals surface area contributed by atoms with Crippen LogP contribution in [0.15, 0.2) is 48.7 Å². The Hall–Kier alpha value is -4.62. The minimum atomic E-state index is -0.415. The van der Waals surface area contributed by atoms with E-state index in [1.807, 2.05) is 67.8 Å². The van der Waals surface area contributed by atoms with Gasteiger partial charge in [0.15, 0.2) is 5.65 Å². The molecule has 0 radical (unpaired) electrons. The first-order valence-electron chi connectivity index (χ1n) is 17.0. The number of piperazine rings is 1. The molecule has 0 bridgehead atoms. The SMILES string of the molecule is CC(C)(C)c1cc(NC(=O)N[C@H]2CC[C@@H](Oc3ccc4nnc(C(C)(C)C)n4c3)c3ccccc32)nc(C(=O)N2CCN(CCO)CC2)n1. The first-order chi connectivity index (χ1) is 23.3. The number of pyridine rings is 1. The Bertz CT molecular complexity index is 1820. The van der Waals surface area contributed by atoms with Crippen LogP contribution < -0.4 is 15.4 Å². The summed E-state index contributed by atoms with van der Waals surface area (Å²) in [7, 11) is 0. The summed E-state index contributed by atoms with van der Waals surface area (Å²) < 4.78 is 8.53. The van der Waals surface area contributed by atoms with Gasteiger partial charge in [-0.3, -0.25) is 19.4 Å². The molecule has 6 rings (SSSR count). The number of aromatic nitrogens is 5. The van der Waals surface area contributed by atoms with Crippen molar-refractivity contribution >= 4 is 23.4 Å². The predicted molar refractivity (Wildman–Crippen MR) is 186 cm³/mol. The topological polar surface area (TPSA) is 150 Å². The number of ether oxygens (including phenoxy) is 1.